The second-order valence-electron chi connectivity index (χ2n) is 8.30. The predicted octanol–water partition coefficient (Wildman–Crippen LogP) is 4.11. The lowest BCUT2D eigenvalue weighted by molar-refractivity contribution is -0.928. The van der Waals surface area contributed by atoms with Gasteiger partial charge in [-0.25, -0.2) is 4.79 Å². The van der Waals surface area contributed by atoms with Crippen molar-refractivity contribution in [3.05, 3.63) is 48.5 Å². The molecule has 2 aliphatic rings. The lowest BCUT2D eigenvalue weighted by Gasteiger charge is -2.42. The normalized spacial score (nSPS) is 22.8. The van der Waals surface area contributed by atoms with Crippen LogP contribution in [-0.4, -0.2) is 47.3 Å². The third-order valence-corrected chi connectivity index (χ3v) is 6.43. The van der Waals surface area contributed by atoms with Crippen molar-refractivity contribution in [3.63, 3.8) is 0 Å². The lowest BCUT2D eigenvalue weighted by atomic mass is 10.1. The van der Waals surface area contributed by atoms with Gasteiger partial charge in [-0.1, -0.05) is 36.4 Å². The van der Waals surface area contributed by atoms with E-state index in [1.807, 2.05) is 0 Å². The fourth-order valence-electron chi connectivity index (χ4n) is 5.23. The molecule has 5 rings (SSSR count). The Morgan fingerprint density at radius 1 is 0.889 bits per heavy atom. The van der Waals surface area contributed by atoms with E-state index in [0.717, 1.165) is 30.7 Å². The Bertz CT molecular complexity index is 929. The average molecular weight is 363 g/mol. The molecule has 1 unspecified atom stereocenters. The monoisotopic (exact) mass is 363 g/mol. The van der Waals surface area contributed by atoms with E-state index in [-0.39, 0.29) is 12.1 Å². The van der Waals surface area contributed by atoms with Crippen molar-refractivity contribution >= 4 is 27.8 Å². The molecule has 27 heavy (non-hydrogen) atoms. The second kappa shape index (κ2) is 6.68. The molecule has 2 aromatic carbocycles. The first-order valence-corrected chi connectivity index (χ1v) is 10.2. The summed E-state index contributed by atoms with van der Waals surface area (Å²) in [6, 6.07) is 17.1. The van der Waals surface area contributed by atoms with Crippen LogP contribution in [0.2, 0.25) is 0 Å². The average Bonchev–Trinajstić information content (AvgIpc) is 2.81. The summed E-state index contributed by atoms with van der Waals surface area (Å²) in [5, 5.41) is 2.54. The van der Waals surface area contributed by atoms with Gasteiger partial charge >= 0.3 is 5.97 Å². The topological polar surface area (TPSA) is 31.2 Å². The molecule has 0 saturated carbocycles. The van der Waals surface area contributed by atoms with Crippen LogP contribution < -0.4 is 0 Å². The smallest absolute Gasteiger partial charge is 0.362 e. The summed E-state index contributed by atoms with van der Waals surface area (Å²) in [5.41, 5.74) is 2.45. The molecule has 4 nitrogen and oxygen atoms in total. The summed E-state index contributed by atoms with van der Waals surface area (Å²) in [6.45, 7) is 4.49. The first-order valence-electron chi connectivity index (χ1n) is 10.2. The quantitative estimate of drug-likeness (QED) is 0.507. The third kappa shape index (κ3) is 3.02. The van der Waals surface area contributed by atoms with E-state index in [4.69, 9.17) is 4.74 Å². The highest BCUT2D eigenvalue weighted by Gasteiger charge is 2.41. The number of carbonyl (C=O) groups is 1. The number of morpholine rings is 1. The Kier molecular flexibility index (Phi) is 4.16. The van der Waals surface area contributed by atoms with Gasteiger partial charge in [0.2, 0.25) is 0 Å². The van der Waals surface area contributed by atoms with Gasteiger partial charge in [0.15, 0.2) is 12.6 Å². The minimum absolute atomic E-state index is 0.0195. The van der Waals surface area contributed by atoms with Crippen LogP contribution in [0.5, 0.6) is 0 Å². The van der Waals surface area contributed by atoms with E-state index in [9.17, 15) is 4.79 Å². The Labute approximate surface area is 159 Å². The third-order valence-electron chi connectivity index (χ3n) is 6.43. The van der Waals surface area contributed by atoms with Crippen LogP contribution in [0.25, 0.3) is 21.8 Å². The number of benzene rings is 2. The Morgan fingerprint density at radius 3 is 2.11 bits per heavy atom. The molecule has 1 aromatic heterocycles. The van der Waals surface area contributed by atoms with Crippen LogP contribution in [0.4, 0.5) is 0 Å². The highest BCUT2D eigenvalue weighted by molar-refractivity contribution is 6.07. The number of ether oxygens (including phenoxy) is 1. The van der Waals surface area contributed by atoms with E-state index in [2.05, 4.69) is 53.1 Å². The standard InChI is InChI=1S/C23H27N2O2/c26-23-17-25(13-7-1-2-8-14-25)16-18(27-23)15-24-21-11-5-3-9-19(21)20-10-4-6-12-22(20)24/h3-6,9-12,18H,1-2,7-8,13-17H2/q+1. The summed E-state index contributed by atoms with van der Waals surface area (Å²) < 4.78 is 9.13. The predicted molar refractivity (Wildman–Crippen MR) is 108 cm³/mol. The minimum Gasteiger partial charge on any atom is -0.450 e. The van der Waals surface area contributed by atoms with Crippen molar-refractivity contribution < 1.29 is 14.0 Å². The molecule has 1 spiro atoms. The molecule has 2 aliphatic heterocycles. The van der Waals surface area contributed by atoms with Crippen LogP contribution in [-0.2, 0) is 16.1 Å². The molecule has 0 radical (unpaired) electrons. The van der Waals surface area contributed by atoms with Crippen LogP contribution in [0.15, 0.2) is 48.5 Å². The van der Waals surface area contributed by atoms with Crippen LogP contribution >= 0.6 is 0 Å². The molecule has 0 amide bonds. The molecule has 1 atom stereocenters. The van der Waals surface area contributed by atoms with Crippen LogP contribution in [0.3, 0.4) is 0 Å². The van der Waals surface area contributed by atoms with Gasteiger partial charge in [0.05, 0.1) is 19.6 Å². The number of rotatable bonds is 2. The number of cyclic esters (lactones) is 1. The van der Waals surface area contributed by atoms with E-state index in [1.54, 1.807) is 0 Å². The van der Waals surface area contributed by atoms with E-state index >= 15 is 0 Å². The minimum atomic E-state index is -0.0523. The SMILES string of the molecule is O=C1C[N+]2(CCCCCC2)CC(Cn2c3ccccc3c3ccccc32)O1. The zero-order valence-corrected chi connectivity index (χ0v) is 15.8. The number of hydrogen-bond acceptors (Lipinski definition) is 2. The zero-order chi connectivity index (χ0) is 18.3. The van der Waals surface area contributed by atoms with Crippen molar-refractivity contribution in [2.75, 3.05) is 26.2 Å². The highest BCUT2D eigenvalue weighted by Crippen LogP contribution is 2.30. The maximum atomic E-state index is 12.5. The Balaban J connectivity index is 1.51. The van der Waals surface area contributed by atoms with Crippen molar-refractivity contribution in [2.45, 2.75) is 38.3 Å². The van der Waals surface area contributed by atoms with Gasteiger partial charge in [-0.05, 0) is 37.8 Å². The van der Waals surface area contributed by atoms with E-state index in [1.165, 1.54) is 47.5 Å². The number of esters is 1. The van der Waals surface area contributed by atoms with Crippen molar-refractivity contribution in [1.82, 2.24) is 4.57 Å². The number of quaternary nitrogens is 1. The second-order valence-corrected chi connectivity index (χ2v) is 8.30. The fraction of sp³-hybridized carbons (Fsp3) is 0.435. The van der Waals surface area contributed by atoms with E-state index in [0.29, 0.717) is 6.54 Å². The van der Waals surface area contributed by atoms with Gasteiger partial charge in [0.1, 0.15) is 6.54 Å². The van der Waals surface area contributed by atoms with Gasteiger partial charge in [-0.2, -0.15) is 0 Å². The van der Waals surface area contributed by atoms with Crippen molar-refractivity contribution in [3.8, 4) is 0 Å². The lowest BCUT2D eigenvalue weighted by Crippen LogP contribution is -2.60. The molecule has 0 N–H and O–H groups in total. The summed E-state index contributed by atoms with van der Waals surface area (Å²) >= 11 is 0. The molecule has 4 heteroatoms. The number of carbonyl (C=O) groups excluding carboxylic acids is 1. The largest absolute Gasteiger partial charge is 0.450 e. The van der Waals surface area contributed by atoms with Gasteiger partial charge in [0, 0.05) is 21.8 Å². The Hall–Kier alpha value is -2.33. The van der Waals surface area contributed by atoms with E-state index < -0.39 is 0 Å². The van der Waals surface area contributed by atoms with Gasteiger partial charge in [-0.3, -0.25) is 0 Å². The van der Waals surface area contributed by atoms with Crippen molar-refractivity contribution in [1.29, 1.82) is 0 Å². The molecular formula is C23H27N2O2+. The van der Waals surface area contributed by atoms with Gasteiger partial charge in [0.25, 0.3) is 0 Å². The van der Waals surface area contributed by atoms with Crippen molar-refractivity contribution in [2.24, 2.45) is 0 Å². The number of para-hydroxylation sites is 2. The number of nitrogens with zero attached hydrogens (tertiary/aromatic N) is 2. The molecular weight excluding hydrogens is 336 g/mol. The number of hydrogen-bond donors (Lipinski definition) is 0. The highest BCUT2D eigenvalue weighted by atomic mass is 16.5. The maximum Gasteiger partial charge on any atom is 0.362 e. The summed E-state index contributed by atoms with van der Waals surface area (Å²) in [7, 11) is 0. The first-order chi connectivity index (χ1) is 13.2. The maximum absolute atomic E-state index is 12.5. The Morgan fingerprint density at radius 2 is 1.48 bits per heavy atom. The molecule has 0 bridgehead atoms. The molecule has 140 valence electrons. The van der Waals surface area contributed by atoms with Gasteiger partial charge < -0.3 is 13.8 Å². The summed E-state index contributed by atoms with van der Waals surface area (Å²) in [4.78, 5) is 12.5. The number of fused-ring (bicyclic) bond motifs is 3. The first kappa shape index (κ1) is 16.8. The summed E-state index contributed by atoms with van der Waals surface area (Å²) in [6.07, 6.45) is 5.01. The molecule has 0 aliphatic carbocycles. The number of aromatic nitrogens is 1. The van der Waals surface area contributed by atoms with Crippen LogP contribution in [0, 0.1) is 0 Å². The fourth-order valence-corrected chi connectivity index (χ4v) is 5.23. The summed E-state index contributed by atoms with van der Waals surface area (Å²) in [5.74, 6) is -0.0195. The molecule has 3 heterocycles. The molecule has 2 fully saturated rings. The zero-order valence-electron chi connectivity index (χ0n) is 15.8. The molecule has 2 saturated heterocycles. The van der Waals surface area contributed by atoms with Crippen LogP contribution in [0.1, 0.15) is 25.7 Å². The molecule has 3 aromatic rings. The van der Waals surface area contributed by atoms with Gasteiger partial charge in [-0.15, -0.1) is 0 Å².